The molecule has 0 bridgehead atoms. The molecule has 1 aromatic carbocycles. The molecule has 4 rings (SSSR count). The van der Waals surface area contributed by atoms with Gasteiger partial charge in [-0.3, -0.25) is 4.79 Å². The highest BCUT2D eigenvalue weighted by atomic mass is 32.1. The van der Waals surface area contributed by atoms with Crippen molar-refractivity contribution >= 4 is 33.7 Å². The summed E-state index contributed by atoms with van der Waals surface area (Å²) in [5.74, 6) is 0.588. The third-order valence-corrected chi connectivity index (χ3v) is 6.83. The number of nitrogens with zero attached hydrogens (tertiary/aromatic N) is 4. The molecule has 1 fully saturated rings. The summed E-state index contributed by atoms with van der Waals surface area (Å²) in [6, 6.07) is 12.1. The van der Waals surface area contributed by atoms with Gasteiger partial charge in [0.15, 0.2) is 5.01 Å². The SMILES string of the molecule is CC(C)c1ccc(C(=O)N2CCN(c3nnc(-c4cccs4)s3)CC2)cc1. The van der Waals surface area contributed by atoms with Crippen molar-refractivity contribution in [3.63, 3.8) is 0 Å². The van der Waals surface area contributed by atoms with Gasteiger partial charge in [0.2, 0.25) is 5.13 Å². The van der Waals surface area contributed by atoms with E-state index in [1.54, 1.807) is 22.7 Å². The van der Waals surface area contributed by atoms with Crippen molar-refractivity contribution < 1.29 is 4.79 Å². The summed E-state index contributed by atoms with van der Waals surface area (Å²) in [7, 11) is 0. The average molecular weight is 399 g/mol. The monoisotopic (exact) mass is 398 g/mol. The Morgan fingerprint density at radius 1 is 1.04 bits per heavy atom. The Hall–Kier alpha value is -2.25. The Morgan fingerprint density at radius 2 is 1.78 bits per heavy atom. The van der Waals surface area contributed by atoms with E-state index in [1.165, 1.54) is 5.56 Å². The van der Waals surface area contributed by atoms with Crippen LogP contribution in [0.2, 0.25) is 0 Å². The molecule has 0 N–H and O–H groups in total. The first kappa shape index (κ1) is 18.1. The van der Waals surface area contributed by atoms with Gasteiger partial charge in [0.05, 0.1) is 4.88 Å². The van der Waals surface area contributed by atoms with Crippen LogP contribution in [0, 0.1) is 0 Å². The van der Waals surface area contributed by atoms with Crippen molar-refractivity contribution in [2.75, 3.05) is 31.1 Å². The Bertz CT molecular complexity index is 894. The van der Waals surface area contributed by atoms with Crippen LogP contribution in [0.5, 0.6) is 0 Å². The maximum Gasteiger partial charge on any atom is 0.253 e. The van der Waals surface area contributed by atoms with E-state index >= 15 is 0 Å². The largest absolute Gasteiger partial charge is 0.343 e. The van der Waals surface area contributed by atoms with Crippen molar-refractivity contribution in [2.24, 2.45) is 0 Å². The molecule has 27 heavy (non-hydrogen) atoms. The van der Waals surface area contributed by atoms with E-state index in [9.17, 15) is 4.79 Å². The Balaban J connectivity index is 1.38. The predicted molar refractivity (Wildman–Crippen MR) is 112 cm³/mol. The molecule has 1 aliphatic heterocycles. The van der Waals surface area contributed by atoms with Crippen LogP contribution in [-0.4, -0.2) is 47.2 Å². The van der Waals surface area contributed by atoms with Crippen LogP contribution in [-0.2, 0) is 0 Å². The second kappa shape index (κ2) is 7.78. The minimum atomic E-state index is 0.112. The molecule has 3 aromatic rings. The van der Waals surface area contributed by atoms with E-state index < -0.39 is 0 Å². The highest BCUT2D eigenvalue weighted by Crippen LogP contribution is 2.31. The lowest BCUT2D eigenvalue weighted by Gasteiger charge is -2.34. The summed E-state index contributed by atoms with van der Waals surface area (Å²) in [6.45, 7) is 7.31. The first-order valence-electron chi connectivity index (χ1n) is 9.13. The quantitative estimate of drug-likeness (QED) is 0.655. The highest BCUT2D eigenvalue weighted by molar-refractivity contribution is 7.22. The summed E-state index contributed by atoms with van der Waals surface area (Å²) in [5, 5.41) is 12.6. The average Bonchev–Trinajstić information content (AvgIpc) is 3.39. The minimum absolute atomic E-state index is 0.112. The van der Waals surface area contributed by atoms with Gasteiger partial charge in [0, 0.05) is 31.7 Å². The fourth-order valence-corrected chi connectivity index (χ4v) is 4.83. The van der Waals surface area contributed by atoms with Gasteiger partial charge in [-0.25, -0.2) is 0 Å². The van der Waals surface area contributed by atoms with Crippen LogP contribution in [0.3, 0.4) is 0 Å². The van der Waals surface area contributed by atoms with Gasteiger partial charge in [0.1, 0.15) is 0 Å². The number of carbonyl (C=O) groups is 1. The van der Waals surface area contributed by atoms with Crippen LogP contribution in [0.1, 0.15) is 35.7 Å². The lowest BCUT2D eigenvalue weighted by atomic mass is 10.0. The summed E-state index contributed by atoms with van der Waals surface area (Å²) < 4.78 is 0. The van der Waals surface area contributed by atoms with Crippen LogP contribution in [0.25, 0.3) is 9.88 Å². The number of piperazine rings is 1. The topological polar surface area (TPSA) is 49.3 Å². The Morgan fingerprint density at radius 3 is 2.41 bits per heavy atom. The summed E-state index contributed by atoms with van der Waals surface area (Å²) in [4.78, 5) is 18.1. The lowest BCUT2D eigenvalue weighted by Crippen LogP contribution is -2.48. The second-order valence-electron chi connectivity index (χ2n) is 6.92. The van der Waals surface area contributed by atoms with E-state index in [0.717, 1.165) is 33.7 Å². The highest BCUT2D eigenvalue weighted by Gasteiger charge is 2.24. The van der Waals surface area contributed by atoms with Crippen LogP contribution >= 0.6 is 22.7 Å². The van der Waals surface area contributed by atoms with Gasteiger partial charge in [-0.2, -0.15) is 0 Å². The number of aromatic nitrogens is 2. The molecule has 140 valence electrons. The fourth-order valence-electron chi connectivity index (χ4n) is 3.14. The number of thiophene rings is 1. The van der Waals surface area contributed by atoms with Gasteiger partial charge in [-0.05, 0) is 35.1 Å². The van der Waals surface area contributed by atoms with E-state index in [0.29, 0.717) is 19.0 Å². The van der Waals surface area contributed by atoms with Crippen molar-refractivity contribution in [3.05, 3.63) is 52.9 Å². The minimum Gasteiger partial charge on any atom is -0.343 e. The molecular weight excluding hydrogens is 376 g/mol. The van der Waals surface area contributed by atoms with Crippen LogP contribution < -0.4 is 4.90 Å². The number of benzene rings is 1. The first-order valence-corrected chi connectivity index (χ1v) is 10.8. The van der Waals surface area contributed by atoms with Crippen LogP contribution in [0.15, 0.2) is 41.8 Å². The molecule has 5 nitrogen and oxygen atoms in total. The van der Waals surface area contributed by atoms with Crippen LogP contribution in [0.4, 0.5) is 5.13 Å². The molecule has 0 radical (unpaired) electrons. The van der Waals surface area contributed by atoms with Gasteiger partial charge in [0.25, 0.3) is 5.91 Å². The second-order valence-corrected chi connectivity index (χ2v) is 8.83. The zero-order valence-corrected chi connectivity index (χ0v) is 17.1. The summed E-state index contributed by atoms with van der Waals surface area (Å²) >= 11 is 3.30. The molecule has 1 saturated heterocycles. The Kier molecular flexibility index (Phi) is 5.22. The molecule has 2 aromatic heterocycles. The number of amides is 1. The molecule has 7 heteroatoms. The van der Waals surface area contributed by atoms with Gasteiger partial charge in [-0.15, -0.1) is 21.5 Å². The number of rotatable bonds is 4. The van der Waals surface area contributed by atoms with Gasteiger partial charge < -0.3 is 9.80 Å². The zero-order valence-electron chi connectivity index (χ0n) is 15.5. The van der Waals surface area contributed by atoms with E-state index in [4.69, 9.17) is 0 Å². The molecule has 1 amide bonds. The molecule has 0 unspecified atom stereocenters. The van der Waals surface area contributed by atoms with E-state index in [2.05, 4.69) is 52.5 Å². The normalized spacial score (nSPS) is 14.8. The third kappa shape index (κ3) is 3.89. The number of carbonyl (C=O) groups excluding carboxylic acids is 1. The van der Waals surface area contributed by atoms with Gasteiger partial charge in [-0.1, -0.05) is 43.4 Å². The number of hydrogen-bond donors (Lipinski definition) is 0. The molecule has 0 saturated carbocycles. The molecular formula is C20H22N4OS2. The summed E-state index contributed by atoms with van der Waals surface area (Å²) in [5.41, 5.74) is 2.03. The van der Waals surface area contributed by atoms with E-state index in [-0.39, 0.29) is 5.91 Å². The predicted octanol–water partition coefficient (Wildman–Crippen LogP) is 4.35. The maximum absolute atomic E-state index is 12.8. The molecule has 3 heterocycles. The Labute approximate surface area is 167 Å². The van der Waals surface area contributed by atoms with Gasteiger partial charge >= 0.3 is 0 Å². The third-order valence-electron chi connectivity index (χ3n) is 4.81. The standard InChI is InChI=1S/C20H22N4OS2/c1-14(2)15-5-7-16(8-6-15)19(25)23-9-11-24(12-10-23)20-22-21-18(27-20)17-4-3-13-26-17/h3-8,13-14H,9-12H2,1-2H3. The van der Waals surface area contributed by atoms with Crippen molar-refractivity contribution in [1.29, 1.82) is 0 Å². The van der Waals surface area contributed by atoms with E-state index in [1.807, 2.05) is 23.1 Å². The maximum atomic E-state index is 12.8. The summed E-state index contributed by atoms with van der Waals surface area (Å²) in [6.07, 6.45) is 0. The number of anilines is 1. The fraction of sp³-hybridized carbons (Fsp3) is 0.350. The van der Waals surface area contributed by atoms with Crippen molar-refractivity contribution in [2.45, 2.75) is 19.8 Å². The van der Waals surface area contributed by atoms with Crippen molar-refractivity contribution in [1.82, 2.24) is 15.1 Å². The molecule has 0 aliphatic carbocycles. The lowest BCUT2D eigenvalue weighted by molar-refractivity contribution is 0.0746. The smallest absolute Gasteiger partial charge is 0.253 e. The molecule has 1 aliphatic rings. The zero-order chi connectivity index (χ0) is 18.8. The number of hydrogen-bond acceptors (Lipinski definition) is 6. The van der Waals surface area contributed by atoms with Crippen molar-refractivity contribution in [3.8, 4) is 9.88 Å². The first-order chi connectivity index (χ1) is 13.1. The molecule has 0 atom stereocenters. The molecule has 0 spiro atoms.